The van der Waals surface area contributed by atoms with Crippen molar-refractivity contribution in [1.82, 2.24) is 15.3 Å². The minimum absolute atomic E-state index is 0. The van der Waals surface area contributed by atoms with E-state index in [0.717, 1.165) is 48.7 Å². The fourth-order valence-electron chi connectivity index (χ4n) is 3.27. The Labute approximate surface area is 164 Å². The Hall–Kier alpha value is -2.09. The number of hydrogen-bond acceptors (Lipinski definition) is 2. The van der Waals surface area contributed by atoms with Crippen molar-refractivity contribution in [2.75, 3.05) is 25.0 Å². The van der Waals surface area contributed by atoms with E-state index in [1.165, 1.54) is 11.3 Å². The van der Waals surface area contributed by atoms with E-state index in [9.17, 15) is 0 Å². The largest absolute Gasteiger partial charge is 0.356 e. The van der Waals surface area contributed by atoms with Gasteiger partial charge in [-0.25, -0.2) is 4.98 Å². The van der Waals surface area contributed by atoms with Gasteiger partial charge in [0.25, 0.3) is 0 Å². The number of aromatic amines is 1. The number of nitrogens with one attached hydrogen (secondary N) is 2. The van der Waals surface area contributed by atoms with Gasteiger partial charge in [0.2, 0.25) is 0 Å². The maximum atomic E-state index is 4.62. The van der Waals surface area contributed by atoms with Crippen LogP contribution in [-0.4, -0.2) is 36.1 Å². The van der Waals surface area contributed by atoms with E-state index in [-0.39, 0.29) is 24.0 Å². The zero-order valence-corrected chi connectivity index (χ0v) is 16.5. The van der Waals surface area contributed by atoms with E-state index in [2.05, 4.69) is 55.5 Å². The Morgan fingerprint density at radius 3 is 2.84 bits per heavy atom. The molecular weight excluding hydrogens is 425 g/mol. The quantitative estimate of drug-likeness (QED) is 0.368. The zero-order chi connectivity index (χ0) is 16.4. The standard InChI is InChI=1S/C19H21N5.HI/c1-20-19(24-13-11-14-6-2-5-9-17(14)24)21-12-10-18-22-15-7-3-4-8-16(15)23-18;/h2-9H,10-13H2,1H3,(H,20,21)(H,22,23);1H. The van der Waals surface area contributed by atoms with Gasteiger partial charge in [0.15, 0.2) is 5.96 Å². The Balaban J connectivity index is 0.00000182. The van der Waals surface area contributed by atoms with Crippen LogP contribution in [-0.2, 0) is 12.8 Å². The van der Waals surface area contributed by atoms with Crippen molar-refractivity contribution in [3.63, 3.8) is 0 Å². The van der Waals surface area contributed by atoms with E-state index >= 15 is 0 Å². The molecule has 0 fully saturated rings. The highest BCUT2D eigenvalue weighted by Gasteiger charge is 2.22. The van der Waals surface area contributed by atoms with Gasteiger partial charge in [-0.2, -0.15) is 0 Å². The van der Waals surface area contributed by atoms with Crippen molar-refractivity contribution < 1.29 is 0 Å². The number of rotatable bonds is 3. The van der Waals surface area contributed by atoms with Crippen LogP contribution in [0, 0.1) is 0 Å². The van der Waals surface area contributed by atoms with Crippen molar-refractivity contribution >= 4 is 46.7 Å². The molecule has 0 spiro atoms. The molecule has 0 aliphatic carbocycles. The summed E-state index contributed by atoms with van der Waals surface area (Å²) in [4.78, 5) is 14.7. The number of halogens is 1. The molecule has 1 aliphatic rings. The van der Waals surface area contributed by atoms with Gasteiger partial charge in [-0.05, 0) is 30.2 Å². The molecule has 4 rings (SSSR count). The molecule has 130 valence electrons. The van der Waals surface area contributed by atoms with Gasteiger partial charge < -0.3 is 15.2 Å². The smallest absolute Gasteiger partial charge is 0.198 e. The van der Waals surface area contributed by atoms with Gasteiger partial charge >= 0.3 is 0 Å². The molecule has 2 heterocycles. The predicted molar refractivity (Wildman–Crippen MR) is 114 cm³/mol. The summed E-state index contributed by atoms with van der Waals surface area (Å²) in [5.74, 6) is 1.93. The molecule has 6 heteroatoms. The maximum absolute atomic E-state index is 4.62. The Bertz CT molecular complexity index is 853. The first kappa shape index (κ1) is 17.7. The third-order valence-corrected chi connectivity index (χ3v) is 4.44. The number of aromatic nitrogens is 2. The van der Waals surface area contributed by atoms with Crippen LogP contribution in [0.1, 0.15) is 11.4 Å². The summed E-state index contributed by atoms with van der Waals surface area (Å²) in [7, 11) is 1.84. The number of anilines is 1. The third kappa shape index (κ3) is 3.63. The number of fused-ring (bicyclic) bond motifs is 2. The normalized spacial score (nSPS) is 13.6. The summed E-state index contributed by atoms with van der Waals surface area (Å²) in [6.45, 7) is 1.77. The van der Waals surface area contributed by atoms with E-state index < -0.39 is 0 Å². The highest BCUT2D eigenvalue weighted by molar-refractivity contribution is 14.0. The average molecular weight is 447 g/mol. The van der Waals surface area contributed by atoms with Crippen LogP contribution in [0.25, 0.3) is 11.0 Å². The molecule has 5 nitrogen and oxygen atoms in total. The average Bonchev–Trinajstić information content (AvgIpc) is 3.22. The lowest BCUT2D eigenvalue weighted by atomic mass is 10.2. The van der Waals surface area contributed by atoms with E-state index in [1.807, 2.05) is 25.2 Å². The topological polar surface area (TPSA) is 56.3 Å². The summed E-state index contributed by atoms with van der Waals surface area (Å²) < 4.78 is 0. The van der Waals surface area contributed by atoms with Gasteiger partial charge in [-0.15, -0.1) is 24.0 Å². The SMILES string of the molecule is CN=C(NCCc1nc2ccccc2[nH]1)N1CCc2ccccc21.I. The molecule has 0 saturated heterocycles. The van der Waals surface area contributed by atoms with E-state index in [4.69, 9.17) is 0 Å². The van der Waals surface area contributed by atoms with Crippen LogP contribution >= 0.6 is 24.0 Å². The summed E-state index contributed by atoms with van der Waals surface area (Å²) in [6, 6.07) is 16.7. The minimum atomic E-state index is 0. The second kappa shape index (κ2) is 7.86. The van der Waals surface area contributed by atoms with Crippen molar-refractivity contribution in [2.45, 2.75) is 12.8 Å². The summed E-state index contributed by atoms with van der Waals surface area (Å²) in [5.41, 5.74) is 4.75. The molecule has 0 radical (unpaired) electrons. The molecule has 0 bridgehead atoms. The van der Waals surface area contributed by atoms with Crippen molar-refractivity contribution in [3.8, 4) is 0 Å². The number of para-hydroxylation sites is 3. The fourth-order valence-corrected chi connectivity index (χ4v) is 3.27. The van der Waals surface area contributed by atoms with Gasteiger partial charge in [-0.3, -0.25) is 4.99 Å². The Kier molecular flexibility index (Phi) is 5.57. The maximum Gasteiger partial charge on any atom is 0.198 e. The molecule has 2 N–H and O–H groups in total. The van der Waals surface area contributed by atoms with Crippen LogP contribution in [0.5, 0.6) is 0 Å². The molecule has 1 aromatic heterocycles. The fraction of sp³-hybridized carbons (Fsp3) is 0.263. The van der Waals surface area contributed by atoms with Crippen molar-refractivity contribution in [3.05, 3.63) is 59.9 Å². The minimum Gasteiger partial charge on any atom is -0.356 e. The Morgan fingerprint density at radius 2 is 2.00 bits per heavy atom. The Morgan fingerprint density at radius 1 is 1.20 bits per heavy atom. The van der Waals surface area contributed by atoms with Gasteiger partial charge in [0.05, 0.1) is 11.0 Å². The number of nitrogens with zero attached hydrogens (tertiary/aromatic N) is 3. The molecule has 2 aromatic carbocycles. The lowest BCUT2D eigenvalue weighted by Gasteiger charge is -2.22. The highest BCUT2D eigenvalue weighted by atomic mass is 127. The first-order chi connectivity index (χ1) is 11.8. The van der Waals surface area contributed by atoms with Crippen LogP contribution < -0.4 is 10.2 Å². The van der Waals surface area contributed by atoms with Crippen LogP contribution in [0.2, 0.25) is 0 Å². The summed E-state index contributed by atoms with van der Waals surface area (Å²) in [5, 5.41) is 3.46. The van der Waals surface area contributed by atoms with Crippen LogP contribution in [0.4, 0.5) is 5.69 Å². The second-order valence-corrected chi connectivity index (χ2v) is 5.95. The molecular formula is C19H22IN5. The number of H-pyrrole nitrogens is 1. The molecule has 0 unspecified atom stereocenters. The molecule has 25 heavy (non-hydrogen) atoms. The molecule has 0 atom stereocenters. The molecule has 0 amide bonds. The number of imidazole rings is 1. The lowest BCUT2D eigenvalue weighted by molar-refractivity contribution is 0.807. The highest BCUT2D eigenvalue weighted by Crippen LogP contribution is 2.27. The van der Waals surface area contributed by atoms with Crippen molar-refractivity contribution in [1.29, 1.82) is 0 Å². The van der Waals surface area contributed by atoms with Crippen molar-refractivity contribution in [2.24, 2.45) is 4.99 Å². The van der Waals surface area contributed by atoms with E-state index in [0.29, 0.717) is 0 Å². The second-order valence-electron chi connectivity index (χ2n) is 5.95. The number of benzene rings is 2. The predicted octanol–water partition coefficient (Wildman–Crippen LogP) is 3.36. The first-order valence-corrected chi connectivity index (χ1v) is 8.35. The lowest BCUT2D eigenvalue weighted by Crippen LogP contribution is -2.41. The van der Waals surface area contributed by atoms with Gasteiger partial charge in [0, 0.05) is 32.2 Å². The van der Waals surface area contributed by atoms with E-state index in [1.54, 1.807) is 0 Å². The third-order valence-electron chi connectivity index (χ3n) is 4.44. The van der Waals surface area contributed by atoms with Crippen LogP contribution in [0.3, 0.4) is 0 Å². The molecule has 0 saturated carbocycles. The number of hydrogen-bond donors (Lipinski definition) is 2. The number of guanidine groups is 1. The summed E-state index contributed by atoms with van der Waals surface area (Å²) >= 11 is 0. The number of aliphatic imine (C=N–C) groups is 1. The van der Waals surface area contributed by atoms with Gasteiger partial charge in [0.1, 0.15) is 5.82 Å². The van der Waals surface area contributed by atoms with Gasteiger partial charge in [-0.1, -0.05) is 30.3 Å². The molecule has 1 aliphatic heterocycles. The van der Waals surface area contributed by atoms with Crippen LogP contribution in [0.15, 0.2) is 53.5 Å². The monoisotopic (exact) mass is 447 g/mol. The zero-order valence-electron chi connectivity index (χ0n) is 14.2. The first-order valence-electron chi connectivity index (χ1n) is 8.35. The summed E-state index contributed by atoms with van der Waals surface area (Å²) in [6.07, 6.45) is 1.91. The molecule has 3 aromatic rings.